The van der Waals surface area contributed by atoms with Gasteiger partial charge in [0, 0.05) is 23.8 Å². The zero-order valence-corrected chi connectivity index (χ0v) is 19.5. The minimum atomic E-state index is -1.25. The van der Waals surface area contributed by atoms with E-state index in [1.165, 1.54) is 4.90 Å². The van der Waals surface area contributed by atoms with Crippen molar-refractivity contribution >= 4 is 23.4 Å². The monoisotopic (exact) mass is 465 g/mol. The molecule has 0 radical (unpaired) electrons. The molecule has 3 aromatic rings. The molecule has 0 aliphatic carbocycles. The van der Waals surface area contributed by atoms with Gasteiger partial charge in [-0.15, -0.1) is 0 Å². The number of nitrogens with zero attached hydrogens (tertiary/aromatic N) is 1. The summed E-state index contributed by atoms with van der Waals surface area (Å²) in [5.74, 6) is -2.07. The van der Waals surface area contributed by atoms with E-state index in [2.05, 4.69) is 10.6 Å². The summed E-state index contributed by atoms with van der Waals surface area (Å²) in [5, 5.41) is 6.54. The van der Waals surface area contributed by atoms with Gasteiger partial charge >= 0.3 is 0 Å². The van der Waals surface area contributed by atoms with E-state index in [0.29, 0.717) is 19.4 Å². The zero-order chi connectivity index (χ0) is 24.2. The Balaban J connectivity index is 1.41. The van der Waals surface area contributed by atoms with Crippen LogP contribution in [-0.4, -0.2) is 35.2 Å². The number of benzene rings is 3. The number of anilines is 1. The number of carbonyl (C=O) groups is 3. The van der Waals surface area contributed by atoms with Crippen LogP contribution in [-0.2, 0) is 32.8 Å². The van der Waals surface area contributed by atoms with Crippen molar-refractivity contribution in [2.75, 3.05) is 11.9 Å². The third-order valence-corrected chi connectivity index (χ3v) is 7.82. The number of hydrogen-bond donors (Lipinski definition) is 2. The van der Waals surface area contributed by atoms with E-state index in [-0.39, 0.29) is 23.8 Å². The number of aryl methyl sites for hydroxylation is 1. The maximum atomic E-state index is 13.9. The van der Waals surface area contributed by atoms with Crippen LogP contribution in [0.3, 0.4) is 0 Å². The summed E-state index contributed by atoms with van der Waals surface area (Å²) in [6.07, 6.45) is 1.15. The number of nitrogens with one attached hydrogen (secondary N) is 2. The molecule has 2 fully saturated rings. The van der Waals surface area contributed by atoms with Crippen LogP contribution in [0.1, 0.15) is 22.3 Å². The number of likely N-dealkylation sites (tertiary alicyclic amines) is 1. The number of imide groups is 1. The fourth-order valence-corrected chi connectivity index (χ4v) is 6.18. The lowest BCUT2D eigenvalue weighted by Crippen LogP contribution is -2.53. The molecule has 6 heteroatoms. The summed E-state index contributed by atoms with van der Waals surface area (Å²) in [4.78, 5) is 42.7. The van der Waals surface area contributed by atoms with Crippen LogP contribution >= 0.6 is 0 Å². The molecule has 4 atom stereocenters. The van der Waals surface area contributed by atoms with Crippen LogP contribution in [0.4, 0.5) is 5.69 Å². The average molecular weight is 466 g/mol. The summed E-state index contributed by atoms with van der Waals surface area (Å²) in [6.45, 7) is 2.25. The zero-order valence-electron chi connectivity index (χ0n) is 19.5. The first-order valence-corrected chi connectivity index (χ1v) is 12.1. The Morgan fingerprint density at radius 2 is 1.51 bits per heavy atom. The van der Waals surface area contributed by atoms with Gasteiger partial charge in [-0.3, -0.25) is 24.6 Å². The molecular formula is C29H27N3O3. The molecule has 2 N–H and O–H groups in total. The Morgan fingerprint density at radius 1 is 0.829 bits per heavy atom. The Kier molecular flexibility index (Phi) is 5.07. The van der Waals surface area contributed by atoms with Gasteiger partial charge in [-0.25, -0.2) is 0 Å². The SMILES string of the molecule is Cc1cccc2c1NC(=O)C21NC(Cc2ccccc2)[C@H]2C(=O)N(CCc3ccccc3)C(=O)[C@H]21. The van der Waals surface area contributed by atoms with Crippen molar-refractivity contribution in [1.29, 1.82) is 0 Å². The van der Waals surface area contributed by atoms with Crippen molar-refractivity contribution in [3.8, 4) is 0 Å². The van der Waals surface area contributed by atoms with E-state index in [1.54, 1.807) is 0 Å². The summed E-state index contributed by atoms with van der Waals surface area (Å²) in [7, 11) is 0. The van der Waals surface area contributed by atoms with Crippen molar-refractivity contribution < 1.29 is 14.4 Å². The number of amides is 3. The van der Waals surface area contributed by atoms with Crippen molar-refractivity contribution in [2.24, 2.45) is 11.8 Å². The van der Waals surface area contributed by atoms with Gasteiger partial charge in [0.05, 0.1) is 11.8 Å². The minimum Gasteiger partial charge on any atom is -0.324 e. The highest BCUT2D eigenvalue weighted by Gasteiger charge is 2.70. The fraction of sp³-hybridized carbons (Fsp3) is 0.276. The maximum absolute atomic E-state index is 13.9. The van der Waals surface area contributed by atoms with Gasteiger partial charge in [0.15, 0.2) is 0 Å². The smallest absolute Gasteiger partial charge is 0.250 e. The highest BCUT2D eigenvalue weighted by atomic mass is 16.2. The first-order valence-electron chi connectivity index (χ1n) is 12.1. The molecule has 2 saturated heterocycles. The molecule has 0 saturated carbocycles. The topological polar surface area (TPSA) is 78.5 Å². The second-order valence-corrected chi connectivity index (χ2v) is 9.77. The van der Waals surface area contributed by atoms with Crippen LogP contribution in [0.25, 0.3) is 0 Å². The van der Waals surface area contributed by atoms with Gasteiger partial charge in [-0.2, -0.15) is 0 Å². The van der Waals surface area contributed by atoms with Gasteiger partial charge in [-0.05, 0) is 36.5 Å². The first kappa shape index (κ1) is 21.7. The molecule has 2 unspecified atom stereocenters. The van der Waals surface area contributed by atoms with Gasteiger partial charge in [-0.1, -0.05) is 78.9 Å². The molecule has 0 bridgehead atoms. The lowest BCUT2D eigenvalue weighted by Gasteiger charge is -2.29. The molecule has 35 heavy (non-hydrogen) atoms. The van der Waals surface area contributed by atoms with Crippen LogP contribution in [0.15, 0.2) is 78.9 Å². The van der Waals surface area contributed by atoms with E-state index in [1.807, 2.05) is 85.8 Å². The van der Waals surface area contributed by atoms with E-state index >= 15 is 0 Å². The predicted molar refractivity (Wildman–Crippen MR) is 132 cm³/mol. The normalized spacial score (nSPS) is 26.8. The Bertz CT molecular complexity index is 1320. The Morgan fingerprint density at radius 3 is 2.23 bits per heavy atom. The Hall–Kier alpha value is -3.77. The second-order valence-electron chi connectivity index (χ2n) is 9.77. The average Bonchev–Trinajstić information content (AvgIpc) is 3.45. The third kappa shape index (κ3) is 3.24. The molecule has 0 aromatic heterocycles. The molecule has 176 valence electrons. The summed E-state index contributed by atoms with van der Waals surface area (Å²) in [6, 6.07) is 25.2. The molecule has 3 aromatic carbocycles. The van der Waals surface area contributed by atoms with Crippen molar-refractivity contribution in [1.82, 2.24) is 10.2 Å². The van der Waals surface area contributed by atoms with Crippen molar-refractivity contribution in [3.63, 3.8) is 0 Å². The van der Waals surface area contributed by atoms with Crippen molar-refractivity contribution in [2.45, 2.75) is 31.3 Å². The quantitative estimate of drug-likeness (QED) is 0.568. The number of hydrogen-bond acceptors (Lipinski definition) is 4. The predicted octanol–water partition coefficient (Wildman–Crippen LogP) is 3.20. The van der Waals surface area contributed by atoms with Crippen LogP contribution in [0, 0.1) is 18.8 Å². The van der Waals surface area contributed by atoms with E-state index < -0.39 is 17.4 Å². The third-order valence-electron chi connectivity index (χ3n) is 7.82. The summed E-state index contributed by atoms with van der Waals surface area (Å²) < 4.78 is 0. The van der Waals surface area contributed by atoms with E-state index in [4.69, 9.17) is 0 Å². The molecule has 3 aliphatic rings. The first-order chi connectivity index (χ1) is 17.0. The highest BCUT2D eigenvalue weighted by Crippen LogP contribution is 2.53. The number of fused-ring (bicyclic) bond motifs is 4. The maximum Gasteiger partial charge on any atom is 0.250 e. The lowest BCUT2D eigenvalue weighted by atomic mass is 9.76. The molecular weight excluding hydrogens is 438 g/mol. The van der Waals surface area contributed by atoms with Gasteiger partial charge < -0.3 is 5.32 Å². The van der Waals surface area contributed by atoms with Crippen LogP contribution < -0.4 is 10.6 Å². The van der Waals surface area contributed by atoms with Gasteiger partial charge in [0.1, 0.15) is 5.54 Å². The number of carbonyl (C=O) groups excluding carboxylic acids is 3. The standard InChI is InChI=1S/C29H27N3O3/c1-18-9-8-14-21-25(18)30-28(35)29(21)24-23(22(31-29)17-20-12-6-3-7-13-20)26(33)32(27(24)34)16-15-19-10-4-2-5-11-19/h2-14,22-24,31H,15-17H2,1H3,(H,30,35)/t22?,23-,24+,29?/m1/s1. The minimum absolute atomic E-state index is 0.185. The molecule has 3 amide bonds. The lowest BCUT2D eigenvalue weighted by molar-refractivity contribution is -0.142. The molecule has 1 spiro atoms. The Labute approximate surface area is 204 Å². The summed E-state index contributed by atoms with van der Waals surface area (Å²) >= 11 is 0. The van der Waals surface area contributed by atoms with Crippen LogP contribution in [0.5, 0.6) is 0 Å². The fourth-order valence-electron chi connectivity index (χ4n) is 6.18. The van der Waals surface area contributed by atoms with Crippen LogP contribution in [0.2, 0.25) is 0 Å². The number of rotatable bonds is 5. The van der Waals surface area contributed by atoms with Crippen molar-refractivity contribution in [3.05, 3.63) is 101 Å². The molecule has 6 rings (SSSR count). The van der Waals surface area contributed by atoms with E-state index in [9.17, 15) is 14.4 Å². The molecule has 6 nitrogen and oxygen atoms in total. The van der Waals surface area contributed by atoms with Gasteiger partial charge in [0.25, 0.3) is 0 Å². The second kappa shape index (κ2) is 8.17. The van der Waals surface area contributed by atoms with E-state index in [0.717, 1.165) is 27.9 Å². The largest absolute Gasteiger partial charge is 0.324 e. The number of para-hydroxylation sites is 1. The highest BCUT2D eigenvalue weighted by molar-refractivity contribution is 6.15. The summed E-state index contributed by atoms with van der Waals surface area (Å²) in [5.41, 5.74) is 3.33. The molecule has 3 aliphatic heterocycles. The molecule has 3 heterocycles. The van der Waals surface area contributed by atoms with Gasteiger partial charge in [0.2, 0.25) is 17.7 Å².